The van der Waals surface area contributed by atoms with E-state index in [2.05, 4.69) is 0 Å². The van der Waals surface area contributed by atoms with Crippen molar-refractivity contribution in [2.75, 3.05) is 0 Å². The van der Waals surface area contributed by atoms with Gasteiger partial charge >= 0.3 is 0 Å². The molecule has 8 rings (SSSR count). The summed E-state index contributed by atoms with van der Waals surface area (Å²) in [7, 11) is 0. The second-order valence-electron chi connectivity index (χ2n) is 15.0. The summed E-state index contributed by atoms with van der Waals surface area (Å²) in [5.74, 6) is -5.02. The zero-order valence-electron chi connectivity index (χ0n) is 37.9. The minimum atomic E-state index is -1.56. The number of carboxylic acids is 4. The summed E-state index contributed by atoms with van der Waals surface area (Å²) in [5, 5.41) is 81.8. The molecule has 0 amide bonds. The number of carbonyl (C=O) groups excluding carboxylic acids is 4. The molecule has 0 spiro atoms. The van der Waals surface area contributed by atoms with Crippen LogP contribution in [0.2, 0.25) is 0 Å². The van der Waals surface area contributed by atoms with Crippen LogP contribution in [0.4, 0.5) is 0 Å². The Morgan fingerprint density at radius 1 is 0.268 bits per heavy atom. The Kier molecular flexibility index (Phi) is 23.7. The molecule has 0 aliphatic carbocycles. The van der Waals surface area contributed by atoms with E-state index in [1.54, 1.807) is 97.1 Å². The van der Waals surface area contributed by atoms with Gasteiger partial charge < -0.3 is 65.5 Å². The van der Waals surface area contributed by atoms with Crippen molar-refractivity contribution in [1.82, 2.24) is 0 Å². The molecule has 0 aliphatic heterocycles. The molecule has 0 heterocycles. The molecule has 13 nitrogen and oxygen atoms in total. The van der Waals surface area contributed by atoms with Crippen molar-refractivity contribution in [2.45, 2.75) is 12.6 Å². The van der Waals surface area contributed by atoms with Crippen LogP contribution in [-0.2, 0) is 77.9 Å². The molecule has 17 heteroatoms. The van der Waals surface area contributed by atoms with Crippen LogP contribution in [0.3, 0.4) is 0 Å². The van der Waals surface area contributed by atoms with Crippen molar-refractivity contribution in [3.05, 3.63) is 215 Å². The van der Waals surface area contributed by atoms with Crippen molar-refractivity contribution in [3.8, 4) is 66.8 Å². The summed E-state index contributed by atoms with van der Waals surface area (Å²) in [6.07, 6.45) is -3.13. The van der Waals surface area contributed by atoms with Crippen molar-refractivity contribution < 1.29 is 143 Å². The Labute approximate surface area is 458 Å². The first-order valence-corrected chi connectivity index (χ1v) is 20.1. The van der Waals surface area contributed by atoms with Crippen LogP contribution in [0.15, 0.2) is 182 Å². The van der Waals surface area contributed by atoms with Crippen LogP contribution < -0.4 is 20.4 Å². The summed E-state index contributed by atoms with van der Waals surface area (Å²) >= 11 is 0. The Morgan fingerprint density at radius 2 is 0.408 bits per heavy atom. The number of carboxylic acid groups (broad SMARTS) is 4. The van der Waals surface area contributed by atoms with Crippen LogP contribution in [-0.4, -0.2) is 49.8 Å². The van der Waals surface area contributed by atoms with Gasteiger partial charge in [-0.25, -0.2) is 0 Å². The van der Waals surface area contributed by atoms with Gasteiger partial charge in [0, 0.05) is 89.0 Å². The molecule has 8 aromatic carbocycles. The first-order valence-electron chi connectivity index (χ1n) is 20.1. The summed E-state index contributed by atoms with van der Waals surface area (Å²) in [4.78, 5) is 44.3. The number of aromatic carboxylic acids is 4. The number of aliphatic hydroxyl groups is 4. The van der Waals surface area contributed by atoms with E-state index in [0.29, 0.717) is 11.1 Å². The van der Waals surface area contributed by atoms with Crippen LogP contribution in [0, 0.1) is 0 Å². The summed E-state index contributed by atoms with van der Waals surface area (Å²) in [5.41, 5.74) is 10.8. The van der Waals surface area contributed by atoms with E-state index < -0.39 is 36.5 Å². The van der Waals surface area contributed by atoms with Gasteiger partial charge in [0.1, 0.15) is 0 Å². The maximum atomic E-state index is 11.1. The van der Waals surface area contributed by atoms with Gasteiger partial charge in [-0.3, -0.25) is 0 Å². The van der Waals surface area contributed by atoms with Gasteiger partial charge in [0.05, 0.1) is 23.9 Å². The summed E-state index contributed by atoms with van der Waals surface area (Å²) < 4.78 is 0. The molecule has 0 aliphatic rings. The third-order valence-corrected chi connectivity index (χ3v) is 10.8. The number of carbonyl (C=O) groups is 4. The first kappa shape index (κ1) is 61.1. The third-order valence-electron chi connectivity index (χ3n) is 10.8. The Hall–Kier alpha value is -6.07. The maximum Gasteiger partial charge on any atom is 0.178 e. The van der Waals surface area contributed by atoms with Gasteiger partial charge in [0.25, 0.3) is 0 Å². The zero-order valence-corrected chi connectivity index (χ0v) is 49.7. The van der Waals surface area contributed by atoms with E-state index >= 15 is 0 Å². The molecule has 0 fully saturated rings. The molecular weight excluding hydrogens is 1120 g/mol. The molecule has 0 radical (unpaired) electrons. The SMILES string of the molecule is O.O=C([O-])c1ccc(-c2cc(-c3ccc(C(=O)[O-])cc3)cc(-c3ccc(C(O)O)cc3)c2)cc1.O=C([O-])c1ccc(-c2cc(-c3ccc(C(=O)[O-])cc3)cc(-c3ccc(C(O)O)cc3)c2)cc1.[Zn].[Zn].[Zn].[Zn]. The normalized spacial score (nSPS) is 10.1. The van der Waals surface area contributed by atoms with Crippen molar-refractivity contribution >= 4 is 23.9 Å². The number of hydrogen-bond acceptors (Lipinski definition) is 12. The molecule has 0 unspecified atom stereocenters. The zero-order chi connectivity index (χ0) is 47.1. The second kappa shape index (κ2) is 27.5. The van der Waals surface area contributed by atoms with Crippen LogP contribution in [0.25, 0.3) is 66.8 Å². The van der Waals surface area contributed by atoms with Crippen LogP contribution in [0.5, 0.6) is 0 Å². The smallest absolute Gasteiger partial charge is 0.178 e. The van der Waals surface area contributed by atoms with Gasteiger partial charge in [0.2, 0.25) is 0 Å². The molecule has 0 bridgehead atoms. The van der Waals surface area contributed by atoms with E-state index in [4.69, 9.17) is 0 Å². The van der Waals surface area contributed by atoms with Crippen molar-refractivity contribution in [2.24, 2.45) is 0 Å². The maximum absolute atomic E-state index is 11.1. The quantitative estimate of drug-likeness (QED) is 0.100. The van der Waals surface area contributed by atoms with E-state index in [0.717, 1.165) is 66.8 Å². The summed E-state index contributed by atoms with van der Waals surface area (Å²) in [6, 6.07) is 50.5. The minimum Gasteiger partial charge on any atom is -0.545 e. The number of hydrogen-bond donors (Lipinski definition) is 4. The third kappa shape index (κ3) is 15.5. The van der Waals surface area contributed by atoms with Gasteiger partial charge in [-0.15, -0.1) is 0 Å². The topological polar surface area (TPSA) is 273 Å². The predicted octanol–water partition coefficient (Wildman–Crippen LogP) is 3.96. The first-order chi connectivity index (χ1) is 31.6. The molecule has 8 aromatic rings. The fourth-order valence-electron chi connectivity index (χ4n) is 7.15. The monoisotopic (exact) mass is 1150 g/mol. The summed E-state index contributed by atoms with van der Waals surface area (Å²) in [6.45, 7) is 0. The molecule has 0 saturated carbocycles. The average molecular weight is 1160 g/mol. The van der Waals surface area contributed by atoms with Crippen LogP contribution in [0.1, 0.15) is 65.1 Å². The average Bonchev–Trinajstić information content (AvgIpc) is 3.34. The standard InChI is InChI=1S/2C27H20O6.H2O.4Zn/c2*28-25(29)19-7-1-16(2-8-19)22-13-23(17-3-9-20(10-4-17)26(30)31)15-24(14-22)18-5-11-21(12-6-18)27(32)33;;;;;/h2*1-15,25,28-29H,(H,30,31)(H,32,33);1H2;;;;/p-4. The van der Waals surface area contributed by atoms with Gasteiger partial charge in [0.15, 0.2) is 12.6 Å². The van der Waals surface area contributed by atoms with Crippen molar-refractivity contribution in [1.29, 1.82) is 0 Å². The number of benzene rings is 8. The fourth-order valence-corrected chi connectivity index (χ4v) is 7.15. The molecular formula is C54H38O13Zn4-4. The van der Waals surface area contributed by atoms with Gasteiger partial charge in [-0.2, -0.15) is 0 Å². The van der Waals surface area contributed by atoms with E-state index in [1.165, 1.54) is 48.5 Å². The van der Waals surface area contributed by atoms with Crippen LogP contribution >= 0.6 is 0 Å². The van der Waals surface area contributed by atoms with E-state index in [9.17, 15) is 60.0 Å². The molecule has 344 valence electrons. The van der Waals surface area contributed by atoms with Crippen molar-refractivity contribution in [3.63, 3.8) is 0 Å². The number of rotatable bonds is 12. The van der Waals surface area contributed by atoms with E-state index in [-0.39, 0.29) is 106 Å². The molecule has 0 saturated heterocycles. The number of aliphatic hydroxyl groups excluding tert-OH is 2. The van der Waals surface area contributed by atoms with Gasteiger partial charge in [-0.1, -0.05) is 146 Å². The Morgan fingerprint density at radius 3 is 0.535 bits per heavy atom. The Balaban J connectivity index is 0.000000455. The second-order valence-corrected chi connectivity index (χ2v) is 15.0. The van der Waals surface area contributed by atoms with Gasteiger partial charge in [-0.05, 0) is 125 Å². The molecule has 6 N–H and O–H groups in total. The predicted molar refractivity (Wildman–Crippen MR) is 241 cm³/mol. The minimum absolute atomic E-state index is 0. The molecule has 0 aromatic heterocycles. The molecule has 0 atom stereocenters. The fraction of sp³-hybridized carbons (Fsp3) is 0.0370. The largest absolute Gasteiger partial charge is 0.545 e. The molecule has 71 heavy (non-hydrogen) atoms. The van der Waals surface area contributed by atoms with E-state index in [1.807, 2.05) is 36.4 Å². The Bertz CT molecular complexity index is 2690.